The predicted molar refractivity (Wildman–Crippen MR) is 57.2 cm³/mol. The Bertz CT molecular complexity index is 370. The Morgan fingerprint density at radius 1 is 1.29 bits per heavy atom. The van der Waals surface area contributed by atoms with Gasteiger partial charge in [0.2, 0.25) is 0 Å². The molecule has 1 aromatic carbocycles. The van der Waals surface area contributed by atoms with E-state index in [1.165, 1.54) is 0 Å². The number of hydrogen-bond acceptors (Lipinski definition) is 2. The standard InChI is InChI=1S/C11H15NO2/c1-7-5-9(12(3)4)6-10(8(7)2)11(13)14/h5-6H,1-4H3,(H,13,14). The van der Waals surface area contributed by atoms with E-state index in [4.69, 9.17) is 5.11 Å². The first kappa shape index (κ1) is 10.6. The number of nitrogens with zero attached hydrogens (tertiary/aromatic N) is 1. The monoisotopic (exact) mass is 193 g/mol. The van der Waals surface area contributed by atoms with Gasteiger partial charge in [0.1, 0.15) is 0 Å². The quantitative estimate of drug-likeness (QED) is 0.781. The molecular formula is C11H15NO2. The van der Waals surface area contributed by atoms with Crippen molar-refractivity contribution in [3.63, 3.8) is 0 Å². The van der Waals surface area contributed by atoms with E-state index in [0.717, 1.165) is 16.8 Å². The molecule has 0 aromatic heterocycles. The van der Waals surface area contributed by atoms with Crippen LogP contribution in [-0.4, -0.2) is 25.2 Å². The van der Waals surface area contributed by atoms with E-state index in [0.29, 0.717) is 5.56 Å². The van der Waals surface area contributed by atoms with Gasteiger partial charge in [-0.05, 0) is 37.1 Å². The first-order chi connectivity index (χ1) is 6.43. The molecule has 1 aromatic rings. The third-order valence-electron chi connectivity index (χ3n) is 2.40. The number of carboxylic acids is 1. The van der Waals surface area contributed by atoms with Crippen molar-refractivity contribution in [1.29, 1.82) is 0 Å². The van der Waals surface area contributed by atoms with Gasteiger partial charge in [-0.15, -0.1) is 0 Å². The minimum Gasteiger partial charge on any atom is -0.478 e. The SMILES string of the molecule is Cc1cc(N(C)C)cc(C(=O)O)c1C. The average Bonchev–Trinajstić information content (AvgIpc) is 2.08. The molecule has 0 amide bonds. The zero-order valence-corrected chi connectivity index (χ0v) is 8.96. The molecule has 1 N–H and O–H groups in total. The minimum atomic E-state index is -0.866. The van der Waals surface area contributed by atoms with Crippen LogP contribution in [0.1, 0.15) is 21.5 Å². The van der Waals surface area contributed by atoms with Gasteiger partial charge >= 0.3 is 5.97 Å². The number of aryl methyl sites for hydroxylation is 1. The highest BCUT2D eigenvalue weighted by Crippen LogP contribution is 2.21. The van der Waals surface area contributed by atoms with E-state index >= 15 is 0 Å². The zero-order valence-electron chi connectivity index (χ0n) is 8.96. The molecule has 0 saturated heterocycles. The number of benzene rings is 1. The van der Waals surface area contributed by atoms with Crippen LogP contribution in [0.15, 0.2) is 12.1 Å². The lowest BCUT2D eigenvalue weighted by atomic mass is 10.0. The normalized spacial score (nSPS) is 10.0. The Hall–Kier alpha value is -1.51. The van der Waals surface area contributed by atoms with Gasteiger partial charge < -0.3 is 10.0 Å². The number of rotatable bonds is 2. The lowest BCUT2D eigenvalue weighted by Crippen LogP contribution is -2.11. The summed E-state index contributed by atoms with van der Waals surface area (Å²) < 4.78 is 0. The predicted octanol–water partition coefficient (Wildman–Crippen LogP) is 2.07. The fourth-order valence-corrected chi connectivity index (χ4v) is 1.32. The fourth-order valence-electron chi connectivity index (χ4n) is 1.32. The van der Waals surface area contributed by atoms with Crippen LogP contribution in [0, 0.1) is 13.8 Å². The van der Waals surface area contributed by atoms with Gasteiger partial charge in [0.05, 0.1) is 5.56 Å². The average molecular weight is 193 g/mol. The molecule has 0 unspecified atom stereocenters. The van der Waals surface area contributed by atoms with Gasteiger partial charge in [0.15, 0.2) is 0 Å². The first-order valence-electron chi connectivity index (χ1n) is 4.45. The molecule has 3 nitrogen and oxygen atoms in total. The van der Waals surface area contributed by atoms with Gasteiger partial charge in [-0.1, -0.05) is 0 Å². The number of hydrogen-bond donors (Lipinski definition) is 1. The Labute approximate surface area is 84.0 Å². The Kier molecular flexibility index (Phi) is 2.79. The Balaban J connectivity index is 3.35. The van der Waals surface area contributed by atoms with Crippen LogP contribution < -0.4 is 4.90 Å². The van der Waals surface area contributed by atoms with Crippen LogP contribution in [0.2, 0.25) is 0 Å². The number of anilines is 1. The fraction of sp³-hybridized carbons (Fsp3) is 0.364. The molecule has 0 spiro atoms. The van der Waals surface area contributed by atoms with Gasteiger partial charge in [-0.3, -0.25) is 0 Å². The van der Waals surface area contributed by atoms with E-state index in [2.05, 4.69) is 0 Å². The van der Waals surface area contributed by atoms with E-state index < -0.39 is 5.97 Å². The molecule has 0 saturated carbocycles. The van der Waals surface area contributed by atoms with Crippen molar-refractivity contribution in [3.8, 4) is 0 Å². The van der Waals surface area contributed by atoms with Crippen molar-refractivity contribution in [2.24, 2.45) is 0 Å². The van der Waals surface area contributed by atoms with E-state index in [1.54, 1.807) is 6.07 Å². The Morgan fingerprint density at radius 2 is 1.86 bits per heavy atom. The summed E-state index contributed by atoms with van der Waals surface area (Å²) in [5.41, 5.74) is 3.15. The maximum absolute atomic E-state index is 10.9. The molecule has 0 aliphatic rings. The molecule has 1 rings (SSSR count). The summed E-state index contributed by atoms with van der Waals surface area (Å²) in [4.78, 5) is 12.8. The van der Waals surface area contributed by atoms with Crippen LogP contribution in [0.25, 0.3) is 0 Å². The highest BCUT2D eigenvalue weighted by molar-refractivity contribution is 5.91. The largest absolute Gasteiger partial charge is 0.478 e. The van der Waals surface area contributed by atoms with Crippen molar-refractivity contribution < 1.29 is 9.90 Å². The van der Waals surface area contributed by atoms with Crippen LogP contribution >= 0.6 is 0 Å². The summed E-state index contributed by atoms with van der Waals surface area (Å²) >= 11 is 0. The summed E-state index contributed by atoms with van der Waals surface area (Å²) in [5.74, 6) is -0.866. The minimum absolute atomic E-state index is 0.383. The topological polar surface area (TPSA) is 40.5 Å². The zero-order chi connectivity index (χ0) is 10.9. The maximum atomic E-state index is 10.9. The molecule has 0 bridgehead atoms. The maximum Gasteiger partial charge on any atom is 0.336 e. The van der Waals surface area contributed by atoms with Crippen molar-refractivity contribution in [3.05, 3.63) is 28.8 Å². The molecule has 3 heteroatoms. The van der Waals surface area contributed by atoms with Gasteiger partial charge in [0.25, 0.3) is 0 Å². The summed E-state index contributed by atoms with van der Waals surface area (Å²) in [6.45, 7) is 3.76. The molecule has 76 valence electrons. The number of aromatic carboxylic acids is 1. The van der Waals surface area contributed by atoms with Crippen LogP contribution in [-0.2, 0) is 0 Å². The summed E-state index contributed by atoms with van der Waals surface area (Å²) in [6, 6.07) is 3.69. The molecule has 0 fully saturated rings. The molecule has 0 heterocycles. The second-order valence-electron chi connectivity index (χ2n) is 3.63. The van der Waals surface area contributed by atoms with Crippen LogP contribution in [0.3, 0.4) is 0 Å². The molecular weight excluding hydrogens is 178 g/mol. The molecule has 0 radical (unpaired) electrons. The highest BCUT2D eigenvalue weighted by Gasteiger charge is 2.11. The van der Waals surface area contributed by atoms with Gasteiger partial charge in [0, 0.05) is 19.8 Å². The van der Waals surface area contributed by atoms with E-state index in [9.17, 15) is 4.79 Å². The number of carboxylic acid groups (broad SMARTS) is 1. The van der Waals surface area contributed by atoms with E-state index in [-0.39, 0.29) is 0 Å². The van der Waals surface area contributed by atoms with Gasteiger partial charge in [-0.25, -0.2) is 4.79 Å². The van der Waals surface area contributed by atoms with Crippen LogP contribution in [0.5, 0.6) is 0 Å². The second-order valence-corrected chi connectivity index (χ2v) is 3.63. The van der Waals surface area contributed by atoms with Gasteiger partial charge in [-0.2, -0.15) is 0 Å². The van der Waals surface area contributed by atoms with Crippen molar-refractivity contribution in [1.82, 2.24) is 0 Å². The molecule has 14 heavy (non-hydrogen) atoms. The summed E-state index contributed by atoms with van der Waals surface area (Å²) in [7, 11) is 3.80. The van der Waals surface area contributed by atoms with Crippen LogP contribution in [0.4, 0.5) is 5.69 Å². The second kappa shape index (κ2) is 3.70. The molecule has 0 aliphatic carbocycles. The Morgan fingerprint density at radius 3 is 2.29 bits per heavy atom. The molecule has 0 aliphatic heterocycles. The first-order valence-corrected chi connectivity index (χ1v) is 4.45. The van der Waals surface area contributed by atoms with Crippen molar-refractivity contribution >= 4 is 11.7 Å². The van der Waals surface area contributed by atoms with E-state index in [1.807, 2.05) is 38.9 Å². The summed E-state index contributed by atoms with van der Waals surface area (Å²) in [6.07, 6.45) is 0. The van der Waals surface area contributed by atoms with Crippen molar-refractivity contribution in [2.45, 2.75) is 13.8 Å². The smallest absolute Gasteiger partial charge is 0.336 e. The number of carbonyl (C=O) groups is 1. The third kappa shape index (κ3) is 1.87. The molecule has 0 atom stereocenters. The summed E-state index contributed by atoms with van der Waals surface area (Å²) in [5, 5.41) is 8.98. The highest BCUT2D eigenvalue weighted by atomic mass is 16.4. The lowest BCUT2D eigenvalue weighted by Gasteiger charge is -2.15. The van der Waals surface area contributed by atoms with Crippen molar-refractivity contribution in [2.75, 3.05) is 19.0 Å². The third-order valence-corrected chi connectivity index (χ3v) is 2.40. The lowest BCUT2D eigenvalue weighted by molar-refractivity contribution is 0.0696.